The van der Waals surface area contributed by atoms with Gasteiger partial charge in [-0.05, 0) is 63.4 Å². The molecule has 40 heavy (non-hydrogen) atoms. The normalized spacial score (nSPS) is 21.0. The van der Waals surface area contributed by atoms with Crippen molar-refractivity contribution in [1.29, 1.82) is 0 Å². The molecule has 1 spiro atoms. The monoisotopic (exact) mass is 541 g/mol. The lowest BCUT2D eigenvalue weighted by Crippen LogP contribution is -2.53. The molecule has 2 N–H and O–H groups in total. The number of amides is 2. The van der Waals surface area contributed by atoms with Gasteiger partial charge >= 0.3 is 0 Å². The number of nitrogens with zero attached hydrogens (tertiary/aromatic N) is 3. The van der Waals surface area contributed by atoms with E-state index in [2.05, 4.69) is 50.2 Å². The molecule has 8 heteroatoms. The first-order valence-electron chi connectivity index (χ1n) is 14.3. The third-order valence-electron chi connectivity index (χ3n) is 8.11. The lowest BCUT2D eigenvalue weighted by atomic mass is 9.74. The Bertz CT molecular complexity index is 1310. The van der Waals surface area contributed by atoms with Gasteiger partial charge in [0.2, 0.25) is 5.91 Å². The summed E-state index contributed by atoms with van der Waals surface area (Å²) in [6.45, 7) is 6.11. The molecule has 1 atom stereocenters. The molecular weight excluding hydrogens is 502 g/mol. The maximum Gasteiger partial charge on any atom is 0.255 e. The fourth-order valence-corrected chi connectivity index (χ4v) is 5.66. The fourth-order valence-electron chi connectivity index (χ4n) is 5.66. The number of likely N-dealkylation sites (tertiary alicyclic amines) is 1. The summed E-state index contributed by atoms with van der Waals surface area (Å²) in [6, 6.07) is 17.1. The molecule has 1 fully saturated rings. The Morgan fingerprint density at radius 1 is 1.02 bits per heavy atom. The first-order chi connectivity index (χ1) is 19.6. The molecule has 8 nitrogen and oxygen atoms in total. The fraction of sp³-hybridized carbons (Fsp3) is 0.406. The summed E-state index contributed by atoms with van der Waals surface area (Å²) < 4.78 is 8.13. The average molecular weight is 542 g/mol. The smallest absolute Gasteiger partial charge is 0.255 e. The van der Waals surface area contributed by atoms with Crippen molar-refractivity contribution in [2.45, 2.75) is 51.7 Å². The second kappa shape index (κ2) is 13.0. The van der Waals surface area contributed by atoms with Crippen molar-refractivity contribution in [3.63, 3.8) is 0 Å². The van der Waals surface area contributed by atoms with Crippen LogP contribution in [0.5, 0.6) is 5.75 Å². The summed E-state index contributed by atoms with van der Waals surface area (Å²) in [5, 5.41) is 6.40. The van der Waals surface area contributed by atoms with E-state index in [4.69, 9.17) is 4.74 Å². The highest BCUT2D eigenvalue weighted by Gasteiger charge is 2.41. The van der Waals surface area contributed by atoms with Gasteiger partial charge in [-0.25, -0.2) is 4.98 Å². The highest BCUT2D eigenvalue weighted by Crippen LogP contribution is 2.36. The number of hydrogen-bond acceptors (Lipinski definition) is 5. The molecule has 0 aliphatic carbocycles. The Hall–Kier alpha value is -3.91. The van der Waals surface area contributed by atoms with Crippen LogP contribution in [0.25, 0.3) is 0 Å². The van der Waals surface area contributed by atoms with E-state index < -0.39 is 5.41 Å². The van der Waals surface area contributed by atoms with E-state index in [9.17, 15) is 9.59 Å². The van der Waals surface area contributed by atoms with Gasteiger partial charge in [-0.15, -0.1) is 0 Å². The van der Waals surface area contributed by atoms with Gasteiger partial charge in [-0.3, -0.25) is 14.5 Å². The van der Waals surface area contributed by atoms with Gasteiger partial charge < -0.3 is 19.9 Å². The van der Waals surface area contributed by atoms with Crippen LogP contribution in [0.4, 0.5) is 0 Å². The Labute approximate surface area is 236 Å². The highest BCUT2D eigenvalue weighted by atomic mass is 16.5. The van der Waals surface area contributed by atoms with Crippen LogP contribution in [-0.4, -0.2) is 58.5 Å². The van der Waals surface area contributed by atoms with Gasteiger partial charge in [-0.2, -0.15) is 0 Å². The van der Waals surface area contributed by atoms with Gasteiger partial charge in [-0.1, -0.05) is 54.6 Å². The predicted molar refractivity (Wildman–Crippen MR) is 155 cm³/mol. The number of fused-ring (bicyclic) bond motifs is 1. The van der Waals surface area contributed by atoms with Gasteiger partial charge in [0, 0.05) is 25.5 Å². The molecule has 0 saturated carbocycles. The number of aromatic nitrogens is 2. The van der Waals surface area contributed by atoms with E-state index in [1.165, 1.54) is 0 Å². The van der Waals surface area contributed by atoms with Crippen molar-refractivity contribution in [3.05, 3.63) is 96.1 Å². The van der Waals surface area contributed by atoms with E-state index in [-0.39, 0.29) is 17.9 Å². The second-order valence-corrected chi connectivity index (χ2v) is 10.7. The molecule has 1 aromatic heterocycles. The van der Waals surface area contributed by atoms with Crippen molar-refractivity contribution in [2.24, 2.45) is 5.41 Å². The van der Waals surface area contributed by atoms with Crippen molar-refractivity contribution in [3.8, 4) is 5.75 Å². The van der Waals surface area contributed by atoms with E-state index in [0.717, 1.165) is 50.4 Å². The van der Waals surface area contributed by atoms with Gasteiger partial charge in [0.05, 0.1) is 23.6 Å². The predicted octanol–water partition coefficient (Wildman–Crippen LogP) is 3.98. The average Bonchev–Trinajstić information content (AvgIpc) is 3.44. The summed E-state index contributed by atoms with van der Waals surface area (Å²) in [7, 11) is 0. The van der Waals surface area contributed by atoms with E-state index in [0.29, 0.717) is 37.3 Å². The minimum absolute atomic E-state index is 0.0559. The maximum atomic E-state index is 14.0. The number of aryl methyl sites for hydroxylation is 1. The molecule has 2 aromatic carbocycles. The summed E-state index contributed by atoms with van der Waals surface area (Å²) in [5.74, 6) is 1.46. The Morgan fingerprint density at radius 2 is 1.80 bits per heavy atom. The van der Waals surface area contributed by atoms with Gasteiger partial charge in [0.15, 0.2) is 0 Å². The lowest BCUT2D eigenvalue weighted by molar-refractivity contribution is -0.134. The Balaban J connectivity index is 1.36. The molecular formula is C32H39N5O3. The summed E-state index contributed by atoms with van der Waals surface area (Å²) in [5.41, 5.74) is 1.08. The number of imidazole rings is 1. The van der Waals surface area contributed by atoms with E-state index >= 15 is 0 Å². The standard InChI is InChI=1S/C32H39N5O3/c1-2-37-20-17-33-29(37)24-36-18-15-32(16-19-36)14-8-9-21-40-28-13-7-6-12-27(28)30(38)34-23-26(35-31(32)39)22-25-10-4-3-5-11-25/h3-13,17,20,26H,2,14-16,18-19,21-24H2,1H3,(H,34,38)(H,35,39)/b9-8+/t26-/m1/s1. The zero-order valence-corrected chi connectivity index (χ0v) is 23.2. The highest BCUT2D eigenvalue weighted by molar-refractivity contribution is 5.97. The van der Waals surface area contributed by atoms with Crippen molar-refractivity contribution in [1.82, 2.24) is 25.1 Å². The topological polar surface area (TPSA) is 88.5 Å². The molecule has 0 radical (unpaired) electrons. The van der Waals surface area contributed by atoms with E-state index in [1.807, 2.05) is 54.9 Å². The molecule has 3 heterocycles. The SMILES string of the molecule is CCn1ccnc1CN1CCC2(C/C=C/COc3ccccc3C(=O)NC[C@@H](Cc3ccccc3)NC2=O)CC1. The Kier molecular flexibility index (Phi) is 8.96. The Morgan fingerprint density at radius 3 is 2.60 bits per heavy atom. The number of rotatable bonds is 5. The number of carbonyl (C=O) groups is 2. The zero-order chi connectivity index (χ0) is 27.8. The quantitative estimate of drug-likeness (QED) is 0.477. The molecule has 2 amide bonds. The zero-order valence-electron chi connectivity index (χ0n) is 23.2. The number of allylic oxidation sites excluding steroid dienone is 1. The minimum Gasteiger partial charge on any atom is -0.489 e. The molecule has 0 bridgehead atoms. The molecule has 3 aromatic rings. The number of benzene rings is 2. The van der Waals surface area contributed by atoms with Crippen LogP contribution in [-0.2, 0) is 24.3 Å². The second-order valence-electron chi connectivity index (χ2n) is 10.7. The van der Waals surface area contributed by atoms with Gasteiger partial charge in [0.1, 0.15) is 18.2 Å². The molecule has 0 unspecified atom stereocenters. The molecule has 210 valence electrons. The first-order valence-corrected chi connectivity index (χ1v) is 14.3. The lowest BCUT2D eigenvalue weighted by Gasteiger charge is -2.41. The number of para-hydroxylation sites is 1. The number of hydrogen-bond donors (Lipinski definition) is 2. The van der Waals surface area contributed by atoms with Crippen LogP contribution in [0.3, 0.4) is 0 Å². The number of ether oxygens (including phenoxy) is 1. The largest absolute Gasteiger partial charge is 0.489 e. The molecule has 2 aliphatic rings. The number of piperidine rings is 1. The molecule has 2 aliphatic heterocycles. The molecule has 5 rings (SSSR count). The number of nitrogens with one attached hydrogen (secondary N) is 2. The van der Waals surface area contributed by atoms with Crippen molar-refractivity contribution in [2.75, 3.05) is 26.2 Å². The summed E-state index contributed by atoms with van der Waals surface area (Å²) in [4.78, 5) is 34.1. The third kappa shape index (κ3) is 6.62. The summed E-state index contributed by atoms with van der Waals surface area (Å²) >= 11 is 0. The van der Waals surface area contributed by atoms with E-state index in [1.54, 1.807) is 6.07 Å². The van der Waals surface area contributed by atoms with Crippen molar-refractivity contribution >= 4 is 11.8 Å². The van der Waals surface area contributed by atoms with Crippen LogP contribution in [0, 0.1) is 5.41 Å². The van der Waals surface area contributed by atoms with Gasteiger partial charge in [0.25, 0.3) is 5.91 Å². The van der Waals surface area contributed by atoms with Crippen LogP contribution < -0.4 is 15.4 Å². The third-order valence-corrected chi connectivity index (χ3v) is 8.11. The minimum atomic E-state index is -0.520. The van der Waals surface area contributed by atoms with Crippen LogP contribution in [0.15, 0.2) is 79.1 Å². The first kappa shape index (κ1) is 27.6. The van der Waals surface area contributed by atoms with Crippen LogP contribution >= 0.6 is 0 Å². The van der Waals surface area contributed by atoms with Crippen LogP contribution in [0.1, 0.15) is 47.9 Å². The summed E-state index contributed by atoms with van der Waals surface area (Å²) in [6.07, 6.45) is 10.7. The maximum absolute atomic E-state index is 14.0. The van der Waals surface area contributed by atoms with Crippen molar-refractivity contribution < 1.29 is 14.3 Å². The van der Waals surface area contributed by atoms with Crippen LogP contribution in [0.2, 0.25) is 0 Å². The number of carbonyl (C=O) groups excluding carboxylic acids is 2. The molecule has 1 saturated heterocycles.